The highest BCUT2D eigenvalue weighted by atomic mass is 16.5. The molecule has 0 aliphatic carbocycles. The Bertz CT molecular complexity index is 653. The van der Waals surface area contributed by atoms with E-state index in [1.54, 1.807) is 0 Å². The first-order chi connectivity index (χ1) is 16.2. The van der Waals surface area contributed by atoms with Crippen LogP contribution in [0, 0.1) is 0 Å². The van der Waals surface area contributed by atoms with Crippen LogP contribution in [0.15, 0.2) is 54.3 Å². The van der Waals surface area contributed by atoms with Gasteiger partial charge in [0.05, 0.1) is 6.61 Å². The van der Waals surface area contributed by atoms with Gasteiger partial charge in [-0.05, 0) is 64.8 Å². The van der Waals surface area contributed by atoms with Crippen LogP contribution in [-0.4, -0.2) is 48.5 Å². The minimum Gasteiger partial charge on any atom is -0.378 e. The molecule has 3 heteroatoms. The molecule has 0 amide bonds. The average Bonchev–Trinajstić information content (AvgIpc) is 2.85. The third kappa shape index (κ3) is 15.6. The van der Waals surface area contributed by atoms with Crippen LogP contribution >= 0.6 is 0 Å². The van der Waals surface area contributed by atoms with Gasteiger partial charge < -0.3 is 9.64 Å². The van der Waals surface area contributed by atoms with Crippen molar-refractivity contribution in [1.29, 1.82) is 0 Å². The highest BCUT2D eigenvalue weighted by Crippen LogP contribution is 2.13. The zero-order valence-corrected chi connectivity index (χ0v) is 22.1. The van der Waals surface area contributed by atoms with Gasteiger partial charge in [-0.15, -0.1) is 0 Å². The zero-order valence-electron chi connectivity index (χ0n) is 22.1. The highest BCUT2D eigenvalue weighted by molar-refractivity contribution is 5.74. The minimum absolute atomic E-state index is 0.744. The van der Waals surface area contributed by atoms with Crippen molar-refractivity contribution in [2.45, 2.75) is 92.1 Å². The van der Waals surface area contributed by atoms with Crippen molar-refractivity contribution in [2.75, 3.05) is 32.8 Å². The van der Waals surface area contributed by atoms with E-state index in [-0.39, 0.29) is 0 Å². The molecule has 186 valence electrons. The lowest BCUT2D eigenvalue weighted by atomic mass is 10.0. The van der Waals surface area contributed by atoms with E-state index < -0.39 is 0 Å². The highest BCUT2D eigenvalue weighted by Gasteiger charge is 2.02. The Morgan fingerprint density at radius 3 is 2.03 bits per heavy atom. The van der Waals surface area contributed by atoms with E-state index in [9.17, 15) is 0 Å². The van der Waals surface area contributed by atoms with Crippen LogP contribution in [0.25, 0.3) is 0 Å². The Morgan fingerprint density at radius 1 is 0.818 bits per heavy atom. The molecular formula is C30H51N2O+. The number of benzene rings is 1. The summed E-state index contributed by atoms with van der Waals surface area (Å²) in [7, 11) is 0. The van der Waals surface area contributed by atoms with Crippen LogP contribution < -0.4 is 0 Å². The molecule has 0 unspecified atom stereocenters. The van der Waals surface area contributed by atoms with E-state index in [0.29, 0.717) is 0 Å². The molecule has 0 spiro atoms. The Hall–Kier alpha value is -1.87. The van der Waals surface area contributed by atoms with Crippen molar-refractivity contribution in [3.8, 4) is 0 Å². The fourth-order valence-electron chi connectivity index (χ4n) is 3.91. The molecule has 0 atom stereocenters. The molecule has 0 saturated heterocycles. The van der Waals surface area contributed by atoms with Crippen molar-refractivity contribution in [1.82, 2.24) is 4.90 Å². The summed E-state index contributed by atoms with van der Waals surface area (Å²) in [6.07, 6.45) is 20.8. The summed E-state index contributed by atoms with van der Waals surface area (Å²) in [6, 6.07) is 10.5. The standard InChI is InChI=1S/C30H51N2O/c1-5-31(6-2)25-20-24-29(27-32(7-3)8-4)21-16-13-11-9-10-12-14-19-26-33-28-30-22-17-15-18-23-30/h15,17-18,20,22-25,27H,5-14,16,19,21,26,28H2,1-4H3/q+1. The number of hydrogen-bond acceptors (Lipinski definition) is 2. The third-order valence-electron chi connectivity index (χ3n) is 6.20. The molecule has 1 aromatic carbocycles. The molecule has 1 rings (SSSR count). The Labute approximate surface area is 205 Å². The molecule has 0 radical (unpaired) electrons. The van der Waals surface area contributed by atoms with Gasteiger partial charge in [0, 0.05) is 25.3 Å². The van der Waals surface area contributed by atoms with Gasteiger partial charge in [-0.3, -0.25) is 0 Å². The maximum absolute atomic E-state index is 5.78. The van der Waals surface area contributed by atoms with E-state index in [0.717, 1.165) is 39.4 Å². The molecule has 3 nitrogen and oxygen atoms in total. The molecule has 1 aromatic rings. The summed E-state index contributed by atoms with van der Waals surface area (Å²) in [5, 5.41) is 0. The van der Waals surface area contributed by atoms with Crippen LogP contribution in [0.3, 0.4) is 0 Å². The summed E-state index contributed by atoms with van der Waals surface area (Å²) < 4.78 is 8.18. The summed E-state index contributed by atoms with van der Waals surface area (Å²) >= 11 is 0. The zero-order chi connectivity index (χ0) is 24.0. The molecule has 0 fully saturated rings. The predicted molar refractivity (Wildman–Crippen MR) is 145 cm³/mol. The second kappa shape index (κ2) is 20.7. The molecule has 0 N–H and O–H groups in total. The quantitative estimate of drug-likeness (QED) is 0.0869. The Morgan fingerprint density at radius 2 is 1.42 bits per heavy atom. The Kier molecular flexibility index (Phi) is 18.3. The van der Waals surface area contributed by atoms with Crippen molar-refractivity contribution < 1.29 is 9.31 Å². The molecule has 0 aromatic heterocycles. The number of rotatable bonds is 20. The lowest BCUT2D eigenvalue weighted by Crippen LogP contribution is -2.15. The third-order valence-corrected chi connectivity index (χ3v) is 6.20. The van der Waals surface area contributed by atoms with Crippen LogP contribution in [0.1, 0.15) is 91.0 Å². The van der Waals surface area contributed by atoms with Crippen molar-refractivity contribution in [3.63, 3.8) is 0 Å². The average molecular weight is 456 g/mol. The van der Waals surface area contributed by atoms with Gasteiger partial charge in [0.2, 0.25) is 0 Å². The maximum Gasteiger partial charge on any atom is 0.166 e. The number of ether oxygens (including phenoxy) is 1. The predicted octanol–water partition coefficient (Wildman–Crippen LogP) is 7.62. The summed E-state index contributed by atoms with van der Waals surface area (Å²) in [5.41, 5.74) is 2.72. The molecule has 0 aliphatic rings. The van der Waals surface area contributed by atoms with Gasteiger partial charge >= 0.3 is 0 Å². The monoisotopic (exact) mass is 455 g/mol. The van der Waals surface area contributed by atoms with Crippen LogP contribution in [0.4, 0.5) is 0 Å². The van der Waals surface area contributed by atoms with Crippen molar-refractivity contribution in [3.05, 3.63) is 59.8 Å². The molecular weight excluding hydrogens is 404 g/mol. The normalized spacial score (nSPS) is 11.8. The minimum atomic E-state index is 0.744. The molecule has 0 bridgehead atoms. The van der Waals surface area contributed by atoms with E-state index in [2.05, 4.69) is 92.1 Å². The van der Waals surface area contributed by atoms with E-state index in [4.69, 9.17) is 4.74 Å². The first kappa shape index (κ1) is 29.2. The SMILES string of the molecule is CCN(/C=C/C=C(/C=[N+](CC)CC)CCCCCCCCCCOCc1ccccc1)CC. The first-order valence-corrected chi connectivity index (χ1v) is 13.5. The van der Waals surface area contributed by atoms with Crippen LogP contribution in [0.5, 0.6) is 0 Å². The first-order valence-electron chi connectivity index (χ1n) is 13.5. The van der Waals surface area contributed by atoms with Crippen LogP contribution in [0.2, 0.25) is 0 Å². The molecule has 0 heterocycles. The largest absolute Gasteiger partial charge is 0.378 e. The van der Waals surface area contributed by atoms with E-state index >= 15 is 0 Å². The van der Waals surface area contributed by atoms with Gasteiger partial charge in [0.1, 0.15) is 13.1 Å². The van der Waals surface area contributed by atoms with Crippen molar-refractivity contribution >= 4 is 6.21 Å². The number of hydrogen-bond donors (Lipinski definition) is 0. The summed E-state index contributed by atoms with van der Waals surface area (Å²) in [4.78, 5) is 2.33. The van der Waals surface area contributed by atoms with E-state index in [1.807, 2.05) is 0 Å². The van der Waals surface area contributed by atoms with Gasteiger partial charge in [0.25, 0.3) is 0 Å². The smallest absolute Gasteiger partial charge is 0.166 e. The van der Waals surface area contributed by atoms with E-state index in [1.165, 1.54) is 68.9 Å². The van der Waals surface area contributed by atoms with Gasteiger partial charge in [0.15, 0.2) is 6.21 Å². The maximum atomic E-state index is 5.78. The number of unbranched alkanes of at least 4 members (excludes halogenated alkanes) is 7. The molecule has 33 heavy (non-hydrogen) atoms. The molecule has 0 saturated carbocycles. The number of allylic oxidation sites excluding steroid dienone is 3. The lowest BCUT2D eigenvalue weighted by molar-refractivity contribution is -0.515. The Balaban J connectivity index is 2.15. The topological polar surface area (TPSA) is 15.5 Å². The van der Waals surface area contributed by atoms with Gasteiger partial charge in [-0.25, -0.2) is 4.58 Å². The lowest BCUT2D eigenvalue weighted by Gasteiger charge is -2.13. The summed E-state index contributed by atoms with van der Waals surface area (Å²) in [5.74, 6) is 0. The van der Waals surface area contributed by atoms with Crippen molar-refractivity contribution in [2.24, 2.45) is 0 Å². The van der Waals surface area contributed by atoms with Crippen LogP contribution in [-0.2, 0) is 11.3 Å². The fourth-order valence-corrected chi connectivity index (χ4v) is 3.91. The second-order valence-electron chi connectivity index (χ2n) is 8.77. The summed E-state index contributed by atoms with van der Waals surface area (Å²) in [6.45, 7) is 14.8. The second-order valence-corrected chi connectivity index (χ2v) is 8.77. The number of nitrogens with zero attached hydrogens (tertiary/aromatic N) is 2. The fraction of sp³-hybridized carbons (Fsp3) is 0.633. The van der Waals surface area contributed by atoms with Gasteiger partial charge in [-0.1, -0.05) is 74.9 Å². The molecule has 0 aliphatic heterocycles. The van der Waals surface area contributed by atoms with Gasteiger partial charge in [-0.2, -0.15) is 0 Å².